The van der Waals surface area contributed by atoms with Gasteiger partial charge >= 0.3 is 0 Å². The van der Waals surface area contributed by atoms with Crippen molar-refractivity contribution in [1.29, 1.82) is 0 Å². The Balaban J connectivity index is 1.49. The summed E-state index contributed by atoms with van der Waals surface area (Å²) in [6.45, 7) is 2.73. The number of aromatic nitrogens is 1. The molecule has 2 aromatic carbocycles. The lowest BCUT2D eigenvalue weighted by Crippen LogP contribution is -2.31. The van der Waals surface area contributed by atoms with E-state index in [4.69, 9.17) is 0 Å². The van der Waals surface area contributed by atoms with Crippen molar-refractivity contribution in [2.75, 3.05) is 13.6 Å². The number of hydrogen-bond donors (Lipinski definition) is 1. The highest BCUT2D eigenvalue weighted by Crippen LogP contribution is 2.22. The summed E-state index contributed by atoms with van der Waals surface area (Å²) in [6, 6.07) is 15.3. The fraction of sp³-hybridized carbons (Fsp3) is 0.250. The minimum Gasteiger partial charge on any atom is -0.352 e. The number of thiazole rings is 1. The highest BCUT2D eigenvalue weighted by atomic mass is 32.1. The van der Waals surface area contributed by atoms with E-state index in [9.17, 15) is 9.59 Å². The van der Waals surface area contributed by atoms with E-state index in [2.05, 4.69) is 10.3 Å². The number of aryl methyl sites for hydroxylation is 1. The fourth-order valence-electron chi connectivity index (χ4n) is 2.64. The predicted octanol–water partition coefficient (Wildman–Crippen LogP) is 3.38. The lowest BCUT2D eigenvalue weighted by molar-refractivity contribution is -0.130. The normalized spacial score (nSPS) is 10.7. The molecule has 0 aliphatic carbocycles. The van der Waals surface area contributed by atoms with E-state index in [1.807, 2.05) is 49.4 Å². The molecule has 3 rings (SSSR count). The Bertz CT molecular complexity index is 902. The van der Waals surface area contributed by atoms with E-state index in [1.54, 1.807) is 29.4 Å². The lowest BCUT2D eigenvalue weighted by Gasteiger charge is -2.15. The first-order valence-electron chi connectivity index (χ1n) is 8.46. The molecule has 26 heavy (non-hydrogen) atoms. The van der Waals surface area contributed by atoms with Gasteiger partial charge in [-0.2, -0.15) is 0 Å². The Morgan fingerprint density at radius 1 is 1.15 bits per heavy atom. The zero-order valence-corrected chi connectivity index (χ0v) is 15.7. The van der Waals surface area contributed by atoms with Crippen LogP contribution in [0.1, 0.15) is 27.3 Å². The molecule has 0 unspecified atom stereocenters. The largest absolute Gasteiger partial charge is 0.352 e. The average Bonchev–Trinajstić information content (AvgIpc) is 3.03. The molecule has 1 N–H and O–H groups in total. The second-order valence-electron chi connectivity index (χ2n) is 6.20. The van der Waals surface area contributed by atoms with Crippen molar-refractivity contribution in [2.24, 2.45) is 0 Å². The number of nitrogens with zero attached hydrogens (tertiary/aromatic N) is 2. The quantitative estimate of drug-likeness (QED) is 0.726. The van der Waals surface area contributed by atoms with Crippen LogP contribution in [0.25, 0.3) is 10.2 Å². The van der Waals surface area contributed by atoms with Crippen LogP contribution in [0.5, 0.6) is 0 Å². The molecule has 6 heteroatoms. The topological polar surface area (TPSA) is 62.3 Å². The molecule has 0 atom stereocenters. The van der Waals surface area contributed by atoms with Crippen molar-refractivity contribution < 1.29 is 9.59 Å². The van der Waals surface area contributed by atoms with Crippen LogP contribution in [0.2, 0.25) is 0 Å². The van der Waals surface area contributed by atoms with Gasteiger partial charge < -0.3 is 10.2 Å². The molecule has 0 aliphatic heterocycles. The number of fused-ring (bicyclic) bond motifs is 1. The van der Waals surface area contributed by atoms with Crippen LogP contribution in [0.4, 0.5) is 0 Å². The molecular weight excluding hydrogens is 346 g/mol. The maximum Gasteiger partial charge on any atom is 0.251 e. The van der Waals surface area contributed by atoms with Crippen LogP contribution in [-0.4, -0.2) is 35.3 Å². The van der Waals surface area contributed by atoms with Gasteiger partial charge in [-0.15, -0.1) is 11.3 Å². The minimum absolute atomic E-state index is 0.0196. The third kappa shape index (κ3) is 4.46. The van der Waals surface area contributed by atoms with Gasteiger partial charge in [0.1, 0.15) is 5.01 Å². The molecule has 5 nitrogen and oxygen atoms in total. The zero-order valence-electron chi connectivity index (χ0n) is 14.9. The third-order valence-corrected chi connectivity index (χ3v) is 5.06. The van der Waals surface area contributed by atoms with Gasteiger partial charge in [0.05, 0.1) is 16.8 Å². The van der Waals surface area contributed by atoms with Crippen molar-refractivity contribution in [3.8, 4) is 0 Å². The Morgan fingerprint density at radius 2 is 1.96 bits per heavy atom. The smallest absolute Gasteiger partial charge is 0.251 e. The predicted molar refractivity (Wildman–Crippen MR) is 104 cm³/mol. The van der Waals surface area contributed by atoms with Crippen molar-refractivity contribution in [3.63, 3.8) is 0 Å². The maximum atomic E-state index is 12.3. The molecule has 0 saturated heterocycles. The lowest BCUT2D eigenvalue weighted by atomic mass is 10.1. The number of nitrogens with one attached hydrogen (secondary N) is 1. The summed E-state index contributed by atoms with van der Waals surface area (Å²) in [5.74, 6) is -0.177. The number of carbonyl (C=O) groups excluding carboxylic acids is 2. The summed E-state index contributed by atoms with van der Waals surface area (Å²) >= 11 is 1.60. The molecule has 0 radical (unpaired) electrons. The van der Waals surface area contributed by atoms with Crippen LogP contribution < -0.4 is 5.32 Å². The minimum atomic E-state index is -0.157. The number of carbonyl (C=O) groups is 2. The zero-order chi connectivity index (χ0) is 18.5. The van der Waals surface area contributed by atoms with Crippen LogP contribution in [0.3, 0.4) is 0 Å². The summed E-state index contributed by atoms with van der Waals surface area (Å²) in [5.41, 5.74) is 2.60. The van der Waals surface area contributed by atoms with Crippen LogP contribution in [-0.2, 0) is 11.3 Å². The van der Waals surface area contributed by atoms with Gasteiger partial charge in [-0.1, -0.05) is 29.8 Å². The van der Waals surface area contributed by atoms with Crippen molar-refractivity contribution >= 4 is 33.4 Å². The SMILES string of the molecule is Cc1cccc(C(=O)NCCC(=O)N(C)Cc2nc3ccccc3s2)c1. The van der Waals surface area contributed by atoms with E-state index in [0.29, 0.717) is 18.7 Å². The second kappa shape index (κ2) is 8.10. The third-order valence-electron chi connectivity index (χ3n) is 4.04. The highest BCUT2D eigenvalue weighted by molar-refractivity contribution is 7.18. The molecule has 0 saturated carbocycles. The Labute approximate surface area is 156 Å². The first-order valence-corrected chi connectivity index (χ1v) is 9.28. The van der Waals surface area contributed by atoms with E-state index >= 15 is 0 Å². The molecule has 0 fully saturated rings. The number of rotatable bonds is 6. The Kier molecular flexibility index (Phi) is 5.63. The van der Waals surface area contributed by atoms with Crippen molar-refractivity contribution in [1.82, 2.24) is 15.2 Å². The van der Waals surface area contributed by atoms with Gasteiger partial charge in [0, 0.05) is 25.6 Å². The van der Waals surface area contributed by atoms with Gasteiger partial charge in [-0.3, -0.25) is 9.59 Å². The van der Waals surface area contributed by atoms with Gasteiger partial charge in [-0.05, 0) is 31.2 Å². The van der Waals surface area contributed by atoms with E-state index < -0.39 is 0 Å². The van der Waals surface area contributed by atoms with E-state index in [1.165, 1.54) is 0 Å². The van der Waals surface area contributed by atoms with Gasteiger partial charge in [0.25, 0.3) is 5.91 Å². The summed E-state index contributed by atoms with van der Waals surface area (Å²) < 4.78 is 1.12. The molecule has 0 bridgehead atoms. The second-order valence-corrected chi connectivity index (χ2v) is 7.32. The molecular formula is C20H21N3O2S. The molecule has 134 valence electrons. The summed E-state index contributed by atoms with van der Waals surface area (Å²) in [6.07, 6.45) is 0.263. The summed E-state index contributed by atoms with van der Waals surface area (Å²) in [5, 5.41) is 3.71. The Hall–Kier alpha value is -2.73. The number of para-hydroxylation sites is 1. The van der Waals surface area contributed by atoms with E-state index in [-0.39, 0.29) is 18.2 Å². The maximum absolute atomic E-state index is 12.3. The van der Waals surface area contributed by atoms with Crippen LogP contribution >= 0.6 is 11.3 Å². The Morgan fingerprint density at radius 3 is 2.73 bits per heavy atom. The standard InChI is InChI=1S/C20H21N3O2S/c1-14-6-5-7-15(12-14)20(25)21-11-10-19(24)23(2)13-18-22-16-8-3-4-9-17(16)26-18/h3-9,12H,10-11,13H2,1-2H3,(H,21,25). The number of amides is 2. The molecule has 1 heterocycles. The molecule has 0 aliphatic rings. The van der Waals surface area contributed by atoms with Gasteiger partial charge in [-0.25, -0.2) is 4.98 Å². The van der Waals surface area contributed by atoms with Gasteiger partial charge in [0.15, 0.2) is 0 Å². The monoisotopic (exact) mass is 367 g/mol. The van der Waals surface area contributed by atoms with Crippen LogP contribution in [0.15, 0.2) is 48.5 Å². The molecule has 1 aromatic heterocycles. The number of hydrogen-bond acceptors (Lipinski definition) is 4. The van der Waals surface area contributed by atoms with E-state index in [0.717, 1.165) is 20.8 Å². The van der Waals surface area contributed by atoms with Crippen molar-refractivity contribution in [2.45, 2.75) is 19.9 Å². The fourth-order valence-corrected chi connectivity index (χ4v) is 3.66. The van der Waals surface area contributed by atoms with Crippen LogP contribution in [0, 0.1) is 6.92 Å². The molecule has 3 aromatic rings. The van der Waals surface area contributed by atoms with Crippen molar-refractivity contribution in [3.05, 3.63) is 64.7 Å². The number of benzene rings is 2. The summed E-state index contributed by atoms with van der Waals surface area (Å²) in [7, 11) is 1.76. The first-order chi connectivity index (χ1) is 12.5. The molecule has 0 spiro atoms. The average molecular weight is 367 g/mol. The highest BCUT2D eigenvalue weighted by Gasteiger charge is 2.13. The first kappa shape index (κ1) is 18.1. The van der Waals surface area contributed by atoms with Gasteiger partial charge in [0.2, 0.25) is 5.91 Å². The summed E-state index contributed by atoms with van der Waals surface area (Å²) in [4.78, 5) is 30.6. The molecule has 2 amide bonds.